The van der Waals surface area contributed by atoms with Gasteiger partial charge in [-0.25, -0.2) is 4.98 Å². The Morgan fingerprint density at radius 1 is 1.17 bits per heavy atom. The molecule has 3 aromatic rings. The molecule has 0 aliphatic carbocycles. The molecule has 2 aromatic heterocycles. The van der Waals surface area contributed by atoms with Crippen molar-refractivity contribution in [3.8, 4) is 11.3 Å². The van der Waals surface area contributed by atoms with Gasteiger partial charge in [-0.2, -0.15) is 4.98 Å². The molecule has 0 radical (unpaired) electrons. The molecule has 8 nitrogen and oxygen atoms in total. The van der Waals surface area contributed by atoms with Gasteiger partial charge in [-0.1, -0.05) is 19.9 Å². The first kappa shape index (κ1) is 20.2. The maximum atomic E-state index is 12.6. The summed E-state index contributed by atoms with van der Waals surface area (Å²) in [5.74, 6) is 0.467. The van der Waals surface area contributed by atoms with Gasteiger partial charge in [-0.05, 0) is 36.2 Å². The Bertz CT molecular complexity index is 978. The van der Waals surface area contributed by atoms with Crippen LogP contribution in [0.2, 0.25) is 0 Å². The highest BCUT2D eigenvalue weighted by atomic mass is 16.3. The summed E-state index contributed by atoms with van der Waals surface area (Å²) in [6.07, 6.45) is 3.36. The molecular weight excluding hydrogens is 368 g/mol. The smallest absolute Gasteiger partial charge is 0.256 e. The largest absolute Gasteiger partial charge is 0.399 e. The molecule has 150 valence electrons. The number of hydrogen-bond donors (Lipinski definition) is 4. The average Bonchev–Trinajstić information content (AvgIpc) is 2.72. The van der Waals surface area contributed by atoms with Crippen molar-refractivity contribution in [2.75, 3.05) is 23.0 Å². The number of anilines is 3. The van der Waals surface area contributed by atoms with Gasteiger partial charge in [0.05, 0.1) is 18.3 Å². The third-order valence-electron chi connectivity index (χ3n) is 4.39. The molecule has 0 spiro atoms. The second kappa shape index (κ2) is 9.11. The fourth-order valence-corrected chi connectivity index (χ4v) is 2.70. The Hall–Kier alpha value is -3.52. The first-order valence-corrected chi connectivity index (χ1v) is 9.30. The molecule has 1 atom stereocenters. The highest BCUT2D eigenvalue weighted by Crippen LogP contribution is 2.22. The second-order valence-corrected chi connectivity index (χ2v) is 6.96. The summed E-state index contributed by atoms with van der Waals surface area (Å²) in [6.45, 7) is 3.91. The van der Waals surface area contributed by atoms with Crippen LogP contribution in [0, 0.1) is 5.92 Å². The number of aliphatic hydroxyl groups excluding tert-OH is 1. The van der Waals surface area contributed by atoms with Gasteiger partial charge in [-0.15, -0.1) is 0 Å². The maximum absolute atomic E-state index is 12.6. The van der Waals surface area contributed by atoms with Crippen LogP contribution in [-0.4, -0.2) is 38.6 Å². The molecule has 0 saturated heterocycles. The molecule has 8 heteroatoms. The molecule has 29 heavy (non-hydrogen) atoms. The summed E-state index contributed by atoms with van der Waals surface area (Å²) in [6, 6.07) is 11.8. The van der Waals surface area contributed by atoms with Gasteiger partial charge < -0.3 is 21.5 Å². The Labute approximate surface area is 169 Å². The minimum Gasteiger partial charge on any atom is -0.399 e. The lowest BCUT2D eigenvalue weighted by Crippen LogP contribution is -2.30. The first-order chi connectivity index (χ1) is 14.0. The maximum Gasteiger partial charge on any atom is 0.256 e. The Balaban J connectivity index is 1.94. The number of nitrogens with one attached hydrogen (secondary N) is 2. The van der Waals surface area contributed by atoms with E-state index in [1.165, 1.54) is 0 Å². The monoisotopic (exact) mass is 392 g/mol. The van der Waals surface area contributed by atoms with Gasteiger partial charge in [0.1, 0.15) is 5.82 Å². The minimum absolute atomic E-state index is 0.0663. The number of aromatic nitrogens is 3. The van der Waals surface area contributed by atoms with Crippen LogP contribution in [0.4, 0.5) is 17.5 Å². The zero-order valence-electron chi connectivity index (χ0n) is 16.3. The average molecular weight is 392 g/mol. The summed E-state index contributed by atoms with van der Waals surface area (Å²) in [4.78, 5) is 25.7. The van der Waals surface area contributed by atoms with Crippen LogP contribution in [0.5, 0.6) is 0 Å². The first-order valence-electron chi connectivity index (χ1n) is 9.30. The molecule has 3 rings (SSSR count). The van der Waals surface area contributed by atoms with Crippen molar-refractivity contribution in [1.29, 1.82) is 0 Å². The van der Waals surface area contributed by atoms with Gasteiger partial charge in [-0.3, -0.25) is 9.78 Å². The highest BCUT2D eigenvalue weighted by Gasteiger charge is 2.16. The van der Waals surface area contributed by atoms with E-state index < -0.39 is 0 Å². The molecule has 0 aliphatic heterocycles. The third kappa shape index (κ3) is 5.26. The fourth-order valence-electron chi connectivity index (χ4n) is 2.70. The number of benzene rings is 1. The van der Waals surface area contributed by atoms with Crippen molar-refractivity contribution < 1.29 is 9.90 Å². The van der Waals surface area contributed by atoms with E-state index in [2.05, 4.69) is 25.6 Å². The van der Waals surface area contributed by atoms with E-state index >= 15 is 0 Å². The van der Waals surface area contributed by atoms with E-state index in [0.717, 1.165) is 5.56 Å². The predicted octanol–water partition coefficient (Wildman–Crippen LogP) is 2.80. The van der Waals surface area contributed by atoms with Crippen molar-refractivity contribution in [3.05, 3.63) is 60.4 Å². The molecule has 0 bridgehead atoms. The summed E-state index contributed by atoms with van der Waals surface area (Å²) >= 11 is 0. The SMILES string of the molecule is CC(C)[C@H](CO)Nc1nc(NC(=O)c2cccc(N)c2)cc(-c2cccnc2)n1. The van der Waals surface area contributed by atoms with Crippen LogP contribution in [0.15, 0.2) is 54.9 Å². The summed E-state index contributed by atoms with van der Waals surface area (Å²) < 4.78 is 0. The summed E-state index contributed by atoms with van der Waals surface area (Å²) in [7, 11) is 0. The van der Waals surface area contributed by atoms with Crippen LogP contribution in [0.25, 0.3) is 11.3 Å². The standard InChI is InChI=1S/C21H24N6O2/c1-13(2)18(12-28)25-21-24-17(15-6-4-8-23-11-15)10-19(27-21)26-20(29)14-5-3-7-16(22)9-14/h3-11,13,18,28H,12,22H2,1-2H3,(H2,24,25,26,27,29)/t18-/m0/s1. The van der Waals surface area contributed by atoms with E-state index in [1.807, 2.05) is 19.9 Å². The van der Waals surface area contributed by atoms with Crippen LogP contribution in [0.1, 0.15) is 24.2 Å². The number of nitrogens with two attached hydrogens (primary N) is 1. The fraction of sp³-hybridized carbons (Fsp3) is 0.238. The molecule has 0 saturated carbocycles. The highest BCUT2D eigenvalue weighted by molar-refractivity contribution is 6.04. The number of hydrogen-bond acceptors (Lipinski definition) is 7. The molecule has 1 aromatic carbocycles. The molecule has 1 amide bonds. The molecular formula is C21H24N6O2. The Kier molecular flexibility index (Phi) is 6.36. The minimum atomic E-state index is -0.332. The zero-order valence-corrected chi connectivity index (χ0v) is 16.3. The predicted molar refractivity (Wildman–Crippen MR) is 113 cm³/mol. The lowest BCUT2D eigenvalue weighted by atomic mass is 10.1. The van der Waals surface area contributed by atoms with E-state index in [1.54, 1.807) is 48.8 Å². The topological polar surface area (TPSA) is 126 Å². The van der Waals surface area contributed by atoms with Crippen molar-refractivity contribution in [3.63, 3.8) is 0 Å². The van der Waals surface area contributed by atoms with Crippen molar-refractivity contribution in [2.45, 2.75) is 19.9 Å². The summed E-state index contributed by atoms with van der Waals surface area (Å²) in [5, 5.41) is 15.5. The van der Waals surface area contributed by atoms with Crippen molar-refractivity contribution in [2.24, 2.45) is 5.92 Å². The van der Waals surface area contributed by atoms with E-state index in [0.29, 0.717) is 28.7 Å². The number of pyridine rings is 1. The van der Waals surface area contributed by atoms with E-state index in [4.69, 9.17) is 5.73 Å². The molecule has 2 heterocycles. The third-order valence-corrected chi connectivity index (χ3v) is 4.39. The van der Waals surface area contributed by atoms with Gasteiger partial charge in [0.15, 0.2) is 0 Å². The number of carbonyl (C=O) groups excluding carboxylic acids is 1. The Morgan fingerprint density at radius 3 is 2.66 bits per heavy atom. The van der Waals surface area contributed by atoms with Crippen molar-refractivity contribution in [1.82, 2.24) is 15.0 Å². The van der Waals surface area contributed by atoms with Gasteiger partial charge in [0, 0.05) is 35.3 Å². The van der Waals surface area contributed by atoms with Gasteiger partial charge >= 0.3 is 0 Å². The molecule has 0 unspecified atom stereocenters. The normalized spacial score (nSPS) is 11.9. The van der Waals surface area contributed by atoms with Crippen molar-refractivity contribution >= 4 is 23.4 Å². The lowest BCUT2D eigenvalue weighted by molar-refractivity contribution is 0.102. The quantitative estimate of drug-likeness (QED) is 0.455. The van der Waals surface area contributed by atoms with Gasteiger partial charge in [0.2, 0.25) is 5.95 Å². The van der Waals surface area contributed by atoms with Crippen LogP contribution in [0.3, 0.4) is 0 Å². The molecule has 0 aliphatic rings. The number of amides is 1. The van der Waals surface area contributed by atoms with Crippen LogP contribution >= 0.6 is 0 Å². The molecule has 0 fully saturated rings. The number of aliphatic hydroxyl groups is 1. The summed E-state index contributed by atoms with van der Waals surface area (Å²) in [5.41, 5.74) is 8.07. The van der Waals surface area contributed by atoms with Crippen LogP contribution < -0.4 is 16.4 Å². The second-order valence-electron chi connectivity index (χ2n) is 6.96. The lowest BCUT2D eigenvalue weighted by Gasteiger charge is -2.20. The zero-order chi connectivity index (χ0) is 20.8. The number of nitrogen functional groups attached to an aromatic ring is 1. The van der Waals surface area contributed by atoms with E-state index in [-0.39, 0.29) is 24.5 Å². The van der Waals surface area contributed by atoms with E-state index in [9.17, 15) is 9.90 Å². The van der Waals surface area contributed by atoms with Gasteiger partial charge in [0.25, 0.3) is 5.91 Å². The number of nitrogens with zero attached hydrogens (tertiary/aromatic N) is 3. The molecule has 5 N–H and O–H groups in total. The van der Waals surface area contributed by atoms with Crippen LogP contribution in [-0.2, 0) is 0 Å². The number of carbonyl (C=O) groups is 1. The Morgan fingerprint density at radius 2 is 2.00 bits per heavy atom. The number of rotatable bonds is 7.